The number of nitrogens with one attached hydrogen (secondary N) is 1. The Morgan fingerprint density at radius 3 is 2.30 bits per heavy atom. The Hall–Kier alpha value is -3.80. The van der Waals surface area contributed by atoms with Crippen molar-refractivity contribution in [1.29, 1.82) is 0 Å². The quantitative estimate of drug-likeness (QED) is 0.608. The second-order valence-electron chi connectivity index (χ2n) is 5.91. The van der Waals surface area contributed by atoms with Crippen LogP contribution in [0.15, 0.2) is 83.7 Å². The molecule has 5 nitrogen and oxygen atoms in total. The van der Waals surface area contributed by atoms with Crippen LogP contribution in [0.1, 0.15) is 10.4 Å². The lowest BCUT2D eigenvalue weighted by Crippen LogP contribution is -2.35. The van der Waals surface area contributed by atoms with E-state index in [-0.39, 0.29) is 5.82 Å². The van der Waals surface area contributed by atoms with E-state index in [1.165, 1.54) is 24.3 Å². The maximum absolute atomic E-state index is 13.3. The fourth-order valence-electron chi connectivity index (χ4n) is 2.78. The molecule has 1 heterocycles. The first-order chi connectivity index (χ1) is 13.1. The van der Waals surface area contributed by atoms with Crippen LogP contribution in [0.4, 0.5) is 4.39 Å². The fraction of sp³-hybridized carbons (Fsp3) is 0. The van der Waals surface area contributed by atoms with Gasteiger partial charge in [-0.05, 0) is 48.5 Å². The molecule has 6 heteroatoms. The summed E-state index contributed by atoms with van der Waals surface area (Å²) in [6, 6.07) is 21.0. The second kappa shape index (κ2) is 6.84. The van der Waals surface area contributed by atoms with Crippen LogP contribution in [0, 0.1) is 5.82 Å². The molecule has 3 aromatic carbocycles. The Labute approximate surface area is 153 Å². The smallest absolute Gasteiger partial charge is 0.267 e. The molecule has 0 spiro atoms. The number of halogens is 1. The lowest BCUT2D eigenvalue weighted by molar-refractivity contribution is 0.101. The Morgan fingerprint density at radius 2 is 1.56 bits per heavy atom. The molecule has 0 aliphatic heterocycles. The van der Waals surface area contributed by atoms with Gasteiger partial charge in [0.2, 0.25) is 0 Å². The molecule has 0 saturated carbocycles. The van der Waals surface area contributed by atoms with Gasteiger partial charge >= 0.3 is 0 Å². The van der Waals surface area contributed by atoms with Gasteiger partial charge in [-0.2, -0.15) is 4.68 Å². The van der Waals surface area contributed by atoms with Crippen molar-refractivity contribution in [3.8, 4) is 11.4 Å². The van der Waals surface area contributed by atoms with E-state index < -0.39 is 17.3 Å². The van der Waals surface area contributed by atoms with Gasteiger partial charge in [-0.15, -0.1) is 0 Å². The number of carbonyl (C=O) groups is 1. The Bertz CT molecular complexity index is 1190. The van der Waals surface area contributed by atoms with Gasteiger partial charge in [-0.1, -0.05) is 30.3 Å². The number of benzene rings is 3. The second-order valence-corrected chi connectivity index (χ2v) is 5.91. The van der Waals surface area contributed by atoms with E-state index in [4.69, 9.17) is 0 Å². The van der Waals surface area contributed by atoms with Crippen molar-refractivity contribution in [3.63, 3.8) is 0 Å². The average Bonchev–Trinajstić information content (AvgIpc) is 2.71. The molecule has 0 aliphatic rings. The minimum Gasteiger partial charge on any atom is -0.267 e. The standard InChI is InChI=1S/C21H14FN3O2/c22-16-12-10-14(11-13-16)19-23-18-9-5-4-8-17(18)21(27)25(19)24-20(26)15-6-2-1-3-7-15/h1-13H,(H,24,26). The molecule has 0 unspecified atom stereocenters. The van der Waals surface area contributed by atoms with Crippen LogP contribution in [-0.2, 0) is 0 Å². The van der Waals surface area contributed by atoms with Crippen LogP contribution >= 0.6 is 0 Å². The predicted octanol–water partition coefficient (Wildman–Crippen LogP) is 3.59. The van der Waals surface area contributed by atoms with Crippen molar-refractivity contribution in [2.75, 3.05) is 5.43 Å². The number of hydrogen-bond acceptors (Lipinski definition) is 3. The summed E-state index contributed by atoms with van der Waals surface area (Å²) in [5, 5.41) is 0.372. The van der Waals surface area contributed by atoms with Crippen LogP contribution in [0.5, 0.6) is 0 Å². The summed E-state index contributed by atoms with van der Waals surface area (Å²) in [7, 11) is 0. The first-order valence-corrected chi connectivity index (χ1v) is 8.27. The van der Waals surface area contributed by atoms with Gasteiger partial charge in [0.15, 0.2) is 5.82 Å². The van der Waals surface area contributed by atoms with Gasteiger partial charge in [-0.3, -0.25) is 15.0 Å². The zero-order chi connectivity index (χ0) is 18.8. The Balaban J connectivity index is 1.90. The summed E-state index contributed by atoms with van der Waals surface area (Å²) in [5.41, 5.74) is 3.60. The molecule has 0 radical (unpaired) electrons. The minimum absolute atomic E-state index is 0.225. The van der Waals surface area contributed by atoms with Crippen molar-refractivity contribution in [1.82, 2.24) is 9.66 Å². The normalized spacial score (nSPS) is 10.7. The summed E-state index contributed by atoms with van der Waals surface area (Å²) in [4.78, 5) is 30.1. The highest BCUT2D eigenvalue weighted by molar-refractivity contribution is 6.00. The van der Waals surface area contributed by atoms with Crippen LogP contribution in [-0.4, -0.2) is 15.6 Å². The molecule has 4 aromatic rings. The Kier molecular flexibility index (Phi) is 4.22. The minimum atomic E-state index is -0.446. The molecule has 1 amide bonds. The SMILES string of the molecule is O=C(Nn1c(-c2ccc(F)cc2)nc2ccccc2c1=O)c1ccccc1. The van der Waals surface area contributed by atoms with E-state index in [2.05, 4.69) is 10.4 Å². The number of carbonyl (C=O) groups excluding carboxylic acids is 1. The van der Waals surface area contributed by atoms with Gasteiger partial charge in [0.1, 0.15) is 5.82 Å². The van der Waals surface area contributed by atoms with Gasteiger partial charge in [-0.25, -0.2) is 9.37 Å². The summed E-state index contributed by atoms with van der Waals surface area (Å²) >= 11 is 0. The van der Waals surface area contributed by atoms with Gasteiger partial charge < -0.3 is 0 Å². The lowest BCUT2D eigenvalue weighted by Gasteiger charge is -2.14. The molecule has 0 bridgehead atoms. The molecule has 1 aromatic heterocycles. The van der Waals surface area contributed by atoms with Crippen molar-refractivity contribution >= 4 is 16.8 Å². The highest BCUT2D eigenvalue weighted by Crippen LogP contribution is 2.19. The maximum atomic E-state index is 13.3. The number of aromatic nitrogens is 2. The zero-order valence-electron chi connectivity index (χ0n) is 14.1. The van der Waals surface area contributed by atoms with Crippen molar-refractivity contribution in [3.05, 3.63) is 101 Å². The molecule has 0 atom stereocenters. The highest BCUT2D eigenvalue weighted by Gasteiger charge is 2.15. The van der Waals surface area contributed by atoms with E-state index in [0.29, 0.717) is 22.0 Å². The highest BCUT2D eigenvalue weighted by atomic mass is 19.1. The van der Waals surface area contributed by atoms with Gasteiger partial charge in [0, 0.05) is 11.1 Å². The summed E-state index contributed by atoms with van der Waals surface area (Å²) in [6.45, 7) is 0. The molecule has 1 N–H and O–H groups in total. The number of nitrogens with zero attached hydrogens (tertiary/aromatic N) is 2. The summed E-state index contributed by atoms with van der Waals surface area (Å²) in [6.07, 6.45) is 0. The van der Waals surface area contributed by atoms with Gasteiger partial charge in [0.25, 0.3) is 11.5 Å². The van der Waals surface area contributed by atoms with Crippen LogP contribution in [0.2, 0.25) is 0 Å². The largest absolute Gasteiger partial charge is 0.280 e. The molecule has 0 fully saturated rings. The fourth-order valence-corrected chi connectivity index (χ4v) is 2.78. The third kappa shape index (κ3) is 3.20. The molecule has 0 aliphatic carbocycles. The molecular weight excluding hydrogens is 345 g/mol. The summed E-state index contributed by atoms with van der Waals surface area (Å²) in [5.74, 6) is -0.622. The van der Waals surface area contributed by atoms with Gasteiger partial charge in [0.05, 0.1) is 10.9 Å². The molecular formula is C21H14FN3O2. The number of fused-ring (bicyclic) bond motifs is 1. The number of amides is 1. The maximum Gasteiger partial charge on any atom is 0.280 e. The van der Waals surface area contributed by atoms with Crippen LogP contribution in [0.25, 0.3) is 22.3 Å². The first kappa shape index (κ1) is 16.7. The van der Waals surface area contributed by atoms with E-state index in [9.17, 15) is 14.0 Å². The van der Waals surface area contributed by atoms with E-state index in [1.807, 2.05) is 0 Å². The summed E-state index contributed by atoms with van der Waals surface area (Å²) < 4.78 is 14.4. The number of para-hydroxylation sites is 1. The number of rotatable bonds is 3. The topological polar surface area (TPSA) is 64.0 Å². The molecule has 27 heavy (non-hydrogen) atoms. The van der Waals surface area contributed by atoms with E-state index in [0.717, 1.165) is 4.68 Å². The van der Waals surface area contributed by atoms with Crippen molar-refractivity contribution in [2.45, 2.75) is 0 Å². The van der Waals surface area contributed by atoms with E-state index in [1.54, 1.807) is 54.6 Å². The van der Waals surface area contributed by atoms with Crippen molar-refractivity contribution < 1.29 is 9.18 Å². The predicted molar refractivity (Wildman–Crippen MR) is 102 cm³/mol. The molecule has 0 saturated heterocycles. The zero-order valence-corrected chi connectivity index (χ0v) is 14.1. The monoisotopic (exact) mass is 359 g/mol. The molecule has 132 valence electrons. The first-order valence-electron chi connectivity index (χ1n) is 8.27. The Morgan fingerprint density at radius 1 is 0.889 bits per heavy atom. The third-order valence-electron chi connectivity index (χ3n) is 4.13. The van der Waals surface area contributed by atoms with Crippen LogP contribution in [0.3, 0.4) is 0 Å². The number of hydrogen-bond donors (Lipinski definition) is 1. The molecule has 4 rings (SSSR count). The van der Waals surface area contributed by atoms with E-state index >= 15 is 0 Å². The average molecular weight is 359 g/mol. The lowest BCUT2D eigenvalue weighted by atomic mass is 10.2. The third-order valence-corrected chi connectivity index (χ3v) is 4.13. The van der Waals surface area contributed by atoms with Crippen molar-refractivity contribution in [2.24, 2.45) is 0 Å². The van der Waals surface area contributed by atoms with Crippen LogP contribution < -0.4 is 11.0 Å².